The zero-order chi connectivity index (χ0) is 23.8. The average molecular weight is 449 g/mol. The summed E-state index contributed by atoms with van der Waals surface area (Å²) in [6.07, 6.45) is 11.0. The number of ether oxygens (including phenoxy) is 1. The van der Waals surface area contributed by atoms with Gasteiger partial charge in [0.25, 0.3) is 5.91 Å². The Kier molecular flexibility index (Phi) is 7.96. The van der Waals surface area contributed by atoms with Crippen LogP contribution in [0.25, 0.3) is 0 Å². The van der Waals surface area contributed by atoms with E-state index < -0.39 is 5.97 Å². The second kappa shape index (κ2) is 11.1. The molecule has 0 aromatic heterocycles. The highest BCUT2D eigenvalue weighted by molar-refractivity contribution is 6.20. The molecule has 0 fully saturated rings. The van der Waals surface area contributed by atoms with Crippen molar-refractivity contribution in [1.29, 1.82) is 0 Å². The van der Waals surface area contributed by atoms with Gasteiger partial charge in [-0.15, -0.1) is 0 Å². The summed E-state index contributed by atoms with van der Waals surface area (Å²) in [4.78, 5) is 47.6. The van der Waals surface area contributed by atoms with Crippen LogP contribution in [-0.4, -0.2) is 60.5 Å². The van der Waals surface area contributed by atoms with Crippen molar-refractivity contribution in [1.82, 2.24) is 9.80 Å². The Hall–Kier alpha value is -3.94. The van der Waals surface area contributed by atoms with Crippen LogP contribution in [0.5, 0.6) is 0 Å². The predicted molar refractivity (Wildman–Crippen MR) is 127 cm³/mol. The van der Waals surface area contributed by atoms with E-state index in [2.05, 4.69) is 11.6 Å². The van der Waals surface area contributed by atoms with E-state index in [0.29, 0.717) is 23.5 Å². The number of allylic oxidation sites excluding steroid dienone is 4. The van der Waals surface area contributed by atoms with Gasteiger partial charge in [0.2, 0.25) is 5.91 Å². The molecule has 2 amide bonds. The van der Waals surface area contributed by atoms with E-state index >= 15 is 0 Å². The van der Waals surface area contributed by atoms with Crippen molar-refractivity contribution >= 4 is 29.7 Å². The van der Waals surface area contributed by atoms with Crippen molar-refractivity contribution in [3.05, 3.63) is 78.3 Å². The molecule has 1 aromatic carbocycles. The van der Waals surface area contributed by atoms with E-state index in [-0.39, 0.29) is 38.1 Å². The number of fused-ring (bicyclic) bond motifs is 1. The van der Waals surface area contributed by atoms with Gasteiger partial charge in [0, 0.05) is 31.7 Å². The van der Waals surface area contributed by atoms with Gasteiger partial charge in [-0.1, -0.05) is 36.9 Å². The van der Waals surface area contributed by atoms with E-state index in [0.717, 1.165) is 5.56 Å². The van der Waals surface area contributed by atoms with E-state index in [1.165, 1.54) is 16.0 Å². The Bertz CT molecular complexity index is 1050. The highest BCUT2D eigenvalue weighted by Gasteiger charge is 2.31. The van der Waals surface area contributed by atoms with E-state index in [9.17, 15) is 14.4 Å². The Morgan fingerprint density at radius 1 is 1.24 bits per heavy atom. The van der Waals surface area contributed by atoms with Crippen LogP contribution in [0.4, 0.5) is 5.69 Å². The summed E-state index contributed by atoms with van der Waals surface area (Å²) < 4.78 is 5.00. The summed E-state index contributed by atoms with van der Waals surface area (Å²) >= 11 is 0. The van der Waals surface area contributed by atoms with E-state index in [1.807, 2.05) is 42.4 Å². The minimum absolute atomic E-state index is 0.162. The van der Waals surface area contributed by atoms with Crippen molar-refractivity contribution in [3.63, 3.8) is 0 Å². The third-order valence-corrected chi connectivity index (χ3v) is 5.19. The SMILES string of the molecule is C=C/C=C\N(C)C1=CCC=C(C(=O)N2CC(=O)N(CC(=O)OCC)Cc3ccccc32)C=N1. The van der Waals surface area contributed by atoms with Gasteiger partial charge < -0.3 is 14.5 Å². The lowest BCUT2D eigenvalue weighted by atomic mass is 10.1. The number of benzene rings is 1. The van der Waals surface area contributed by atoms with Crippen molar-refractivity contribution in [2.24, 2.45) is 4.99 Å². The van der Waals surface area contributed by atoms with E-state index in [4.69, 9.17) is 4.74 Å². The lowest BCUT2D eigenvalue weighted by molar-refractivity contribution is -0.148. The molecule has 8 nitrogen and oxygen atoms in total. The van der Waals surface area contributed by atoms with Crippen LogP contribution in [-0.2, 0) is 25.7 Å². The van der Waals surface area contributed by atoms with Crippen LogP contribution >= 0.6 is 0 Å². The number of carbonyl (C=O) groups excluding carboxylic acids is 3. The van der Waals surface area contributed by atoms with Crippen LogP contribution in [0.1, 0.15) is 18.9 Å². The first-order chi connectivity index (χ1) is 15.9. The molecular formula is C25H28N4O4. The number of esters is 1. The number of hydrogen-bond donors (Lipinski definition) is 0. The number of anilines is 1. The molecule has 2 aliphatic rings. The molecule has 0 N–H and O–H groups in total. The quantitative estimate of drug-likeness (QED) is 0.473. The molecule has 0 saturated carbocycles. The summed E-state index contributed by atoms with van der Waals surface area (Å²) in [5, 5.41) is 0. The molecule has 3 rings (SSSR count). The number of nitrogens with zero attached hydrogens (tertiary/aromatic N) is 4. The molecule has 172 valence electrons. The minimum Gasteiger partial charge on any atom is -0.465 e. The topological polar surface area (TPSA) is 82.5 Å². The molecule has 0 atom stereocenters. The van der Waals surface area contributed by atoms with Gasteiger partial charge in [0.05, 0.1) is 12.2 Å². The van der Waals surface area contributed by atoms with Gasteiger partial charge in [-0.3, -0.25) is 19.3 Å². The minimum atomic E-state index is -0.477. The third kappa shape index (κ3) is 5.85. The normalized spacial score (nSPS) is 15.9. The van der Waals surface area contributed by atoms with Crippen molar-refractivity contribution in [3.8, 4) is 0 Å². The van der Waals surface area contributed by atoms with Gasteiger partial charge in [-0.05, 0) is 37.1 Å². The predicted octanol–water partition coefficient (Wildman–Crippen LogP) is 2.80. The molecule has 2 aliphatic heterocycles. The van der Waals surface area contributed by atoms with Gasteiger partial charge in [-0.25, -0.2) is 4.99 Å². The third-order valence-electron chi connectivity index (χ3n) is 5.19. The smallest absolute Gasteiger partial charge is 0.325 e. The molecule has 8 heteroatoms. The average Bonchev–Trinajstić information content (AvgIpc) is 3.13. The van der Waals surface area contributed by atoms with Crippen molar-refractivity contribution in [2.75, 3.05) is 31.6 Å². The second-order valence-corrected chi connectivity index (χ2v) is 7.48. The van der Waals surface area contributed by atoms with Gasteiger partial charge in [0.15, 0.2) is 0 Å². The highest BCUT2D eigenvalue weighted by Crippen LogP contribution is 2.27. The molecule has 0 bridgehead atoms. The molecule has 0 spiro atoms. The zero-order valence-corrected chi connectivity index (χ0v) is 18.9. The fourth-order valence-electron chi connectivity index (χ4n) is 3.54. The standard InChI is InChI=1S/C25H28N4O4/c1-4-6-14-27(3)22-13-9-11-19(15-26-22)25(32)29-17-23(30)28(18-24(31)33-5-2)16-20-10-7-8-12-21(20)29/h4,6-8,10-15H,1,5,9,16-18H2,2-3H3/b14-6-. The molecule has 0 saturated heterocycles. The van der Waals surface area contributed by atoms with E-state index in [1.54, 1.807) is 31.2 Å². The largest absolute Gasteiger partial charge is 0.465 e. The number of aliphatic imine (C=N–C) groups is 1. The van der Waals surface area contributed by atoms with Crippen LogP contribution in [0.3, 0.4) is 0 Å². The number of carbonyl (C=O) groups is 3. The number of amides is 2. The molecule has 33 heavy (non-hydrogen) atoms. The fourth-order valence-corrected chi connectivity index (χ4v) is 3.54. The number of hydrogen-bond acceptors (Lipinski definition) is 6. The maximum atomic E-state index is 13.5. The van der Waals surface area contributed by atoms with Gasteiger partial charge >= 0.3 is 5.97 Å². The summed E-state index contributed by atoms with van der Waals surface area (Å²) in [6, 6.07) is 7.32. The summed E-state index contributed by atoms with van der Waals surface area (Å²) in [5.74, 6) is -0.432. The first-order valence-electron chi connectivity index (χ1n) is 10.7. The van der Waals surface area contributed by atoms with Crippen LogP contribution in [0, 0.1) is 0 Å². The molecule has 0 unspecified atom stereocenters. The number of rotatable bonds is 7. The first kappa shape index (κ1) is 23.7. The maximum Gasteiger partial charge on any atom is 0.325 e. The molecule has 0 aliphatic carbocycles. The molecule has 1 aromatic rings. The van der Waals surface area contributed by atoms with Gasteiger partial charge in [-0.2, -0.15) is 0 Å². The zero-order valence-electron chi connectivity index (χ0n) is 18.9. The summed E-state index contributed by atoms with van der Waals surface area (Å²) in [5.41, 5.74) is 1.81. The first-order valence-corrected chi connectivity index (χ1v) is 10.7. The maximum absolute atomic E-state index is 13.5. The molecule has 2 heterocycles. The molecular weight excluding hydrogens is 420 g/mol. The Morgan fingerprint density at radius 2 is 2.03 bits per heavy atom. The lowest BCUT2D eigenvalue weighted by Crippen LogP contribution is -2.42. The highest BCUT2D eigenvalue weighted by atomic mass is 16.5. The Labute approximate surface area is 193 Å². The van der Waals surface area contributed by atoms with Crippen molar-refractivity contribution < 1.29 is 19.1 Å². The number of para-hydroxylation sites is 1. The Balaban J connectivity index is 1.84. The van der Waals surface area contributed by atoms with Crippen LogP contribution in [0.15, 0.2) is 77.7 Å². The summed E-state index contributed by atoms with van der Waals surface area (Å²) in [7, 11) is 1.86. The molecule has 0 radical (unpaired) electrons. The summed E-state index contributed by atoms with van der Waals surface area (Å²) in [6.45, 7) is 5.49. The van der Waals surface area contributed by atoms with Crippen LogP contribution < -0.4 is 4.90 Å². The Morgan fingerprint density at radius 3 is 2.79 bits per heavy atom. The van der Waals surface area contributed by atoms with Crippen LogP contribution in [0.2, 0.25) is 0 Å². The second-order valence-electron chi connectivity index (χ2n) is 7.48. The fraction of sp³-hybridized carbons (Fsp3) is 0.280. The lowest BCUT2D eigenvalue weighted by Gasteiger charge is -2.22. The monoisotopic (exact) mass is 448 g/mol. The van der Waals surface area contributed by atoms with Gasteiger partial charge in [0.1, 0.15) is 18.9 Å². The van der Waals surface area contributed by atoms with Crippen molar-refractivity contribution in [2.45, 2.75) is 19.9 Å².